The summed E-state index contributed by atoms with van der Waals surface area (Å²) in [5, 5.41) is 8.93. The Balaban J connectivity index is 1.55. The van der Waals surface area contributed by atoms with Crippen molar-refractivity contribution in [3.8, 4) is 23.0 Å². The van der Waals surface area contributed by atoms with Crippen LogP contribution < -0.4 is 14.2 Å². The van der Waals surface area contributed by atoms with E-state index < -0.39 is 5.97 Å². The Labute approximate surface area is 195 Å². The molecule has 0 aromatic heterocycles. The minimum Gasteiger partial charge on any atom is -0.493 e. The van der Waals surface area contributed by atoms with Crippen LogP contribution in [0.2, 0.25) is 0 Å². The van der Waals surface area contributed by atoms with Crippen molar-refractivity contribution in [3.05, 3.63) is 83.4 Å². The Morgan fingerprint density at radius 2 is 1.73 bits per heavy atom. The lowest BCUT2D eigenvalue weighted by molar-refractivity contribution is -0.136. The molecule has 0 heterocycles. The summed E-state index contributed by atoms with van der Waals surface area (Å²) in [6.45, 7) is 6.62. The molecule has 0 amide bonds. The molecule has 0 fully saturated rings. The number of ether oxygens (including phenoxy) is 3. The van der Waals surface area contributed by atoms with E-state index in [2.05, 4.69) is 6.92 Å². The second kappa shape index (κ2) is 12.0. The maximum atomic E-state index is 10.9. The SMILES string of the molecule is CCc1cc(OCCC(C)Oc2ccc(C)cc2Oc2ccccc2)ccc1CCC(=O)O. The van der Waals surface area contributed by atoms with Crippen LogP contribution in [0.4, 0.5) is 0 Å². The van der Waals surface area contributed by atoms with Gasteiger partial charge < -0.3 is 19.3 Å². The van der Waals surface area contributed by atoms with Crippen LogP contribution in [-0.4, -0.2) is 23.8 Å². The van der Waals surface area contributed by atoms with E-state index >= 15 is 0 Å². The topological polar surface area (TPSA) is 65.0 Å². The fourth-order valence-electron chi connectivity index (χ4n) is 3.53. The second-order valence-electron chi connectivity index (χ2n) is 8.11. The number of carboxylic acid groups (broad SMARTS) is 1. The van der Waals surface area contributed by atoms with Crippen molar-refractivity contribution in [1.82, 2.24) is 0 Å². The van der Waals surface area contributed by atoms with Crippen molar-refractivity contribution >= 4 is 5.97 Å². The van der Waals surface area contributed by atoms with Gasteiger partial charge >= 0.3 is 5.97 Å². The lowest BCUT2D eigenvalue weighted by Crippen LogP contribution is -2.16. The minimum atomic E-state index is -0.780. The first-order valence-corrected chi connectivity index (χ1v) is 11.4. The summed E-state index contributed by atoms with van der Waals surface area (Å²) in [7, 11) is 0. The van der Waals surface area contributed by atoms with Crippen LogP contribution >= 0.6 is 0 Å². The number of aliphatic carboxylic acids is 1. The molecule has 3 aromatic rings. The number of benzene rings is 3. The highest BCUT2D eigenvalue weighted by Gasteiger charge is 2.12. The molecule has 0 bridgehead atoms. The Morgan fingerprint density at radius 1 is 0.939 bits per heavy atom. The molecular formula is C28H32O5. The summed E-state index contributed by atoms with van der Waals surface area (Å²) >= 11 is 0. The second-order valence-corrected chi connectivity index (χ2v) is 8.11. The van der Waals surface area contributed by atoms with Gasteiger partial charge in [-0.3, -0.25) is 4.79 Å². The first kappa shape index (κ1) is 24.2. The van der Waals surface area contributed by atoms with Gasteiger partial charge in [-0.15, -0.1) is 0 Å². The predicted octanol–water partition coefficient (Wildman–Crippen LogP) is 6.60. The van der Waals surface area contributed by atoms with Crippen LogP contribution in [0.3, 0.4) is 0 Å². The minimum absolute atomic E-state index is 0.0636. The van der Waals surface area contributed by atoms with Crippen molar-refractivity contribution in [2.45, 2.75) is 52.6 Å². The van der Waals surface area contributed by atoms with E-state index in [1.165, 1.54) is 0 Å². The van der Waals surface area contributed by atoms with Crippen molar-refractivity contribution in [2.24, 2.45) is 0 Å². The molecule has 174 valence electrons. The number of carboxylic acids is 1. The van der Waals surface area contributed by atoms with E-state index in [9.17, 15) is 4.79 Å². The molecule has 5 nitrogen and oxygen atoms in total. The molecule has 3 aromatic carbocycles. The van der Waals surface area contributed by atoms with Gasteiger partial charge in [0, 0.05) is 12.8 Å². The Kier molecular flexibility index (Phi) is 8.76. The van der Waals surface area contributed by atoms with Gasteiger partial charge in [-0.2, -0.15) is 0 Å². The molecule has 1 atom stereocenters. The molecule has 0 aliphatic heterocycles. The average molecular weight is 449 g/mol. The first-order valence-electron chi connectivity index (χ1n) is 11.4. The van der Waals surface area contributed by atoms with Crippen LogP contribution in [-0.2, 0) is 17.6 Å². The standard InChI is InChI=1S/C28H32O5/c1-4-22-19-25(13-11-23(22)12-15-28(29)30)31-17-16-21(3)32-26-14-10-20(2)18-27(26)33-24-8-6-5-7-9-24/h5-11,13-14,18-19,21H,4,12,15-17H2,1-3H3,(H,29,30). The van der Waals surface area contributed by atoms with Gasteiger partial charge in [-0.25, -0.2) is 0 Å². The largest absolute Gasteiger partial charge is 0.493 e. The van der Waals surface area contributed by atoms with Gasteiger partial charge in [0.05, 0.1) is 12.7 Å². The van der Waals surface area contributed by atoms with Gasteiger partial charge in [0.15, 0.2) is 11.5 Å². The van der Waals surface area contributed by atoms with Crippen LogP contribution in [0, 0.1) is 6.92 Å². The number of rotatable bonds is 12. The molecule has 0 aliphatic rings. The summed E-state index contributed by atoms with van der Waals surface area (Å²) < 4.78 is 18.2. The lowest BCUT2D eigenvalue weighted by atomic mass is 10.0. The Hall–Kier alpha value is -3.47. The number of carbonyl (C=O) groups is 1. The average Bonchev–Trinajstić information content (AvgIpc) is 2.80. The van der Waals surface area contributed by atoms with Crippen LogP contribution in [0.25, 0.3) is 0 Å². The molecular weight excluding hydrogens is 416 g/mol. The monoisotopic (exact) mass is 448 g/mol. The summed E-state index contributed by atoms with van der Waals surface area (Å²) in [5.74, 6) is 2.17. The summed E-state index contributed by atoms with van der Waals surface area (Å²) in [5.41, 5.74) is 3.29. The number of hydrogen-bond acceptors (Lipinski definition) is 4. The smallest absolute Gasteiger partial charge is 0.303 e. The third-order valence-electron chi connectivity index (χ3n) is 5.36. The summed E-state index contributed by atoms with van der Waals surface area (Å²) in [6, 6.07) is 21.5. The van der Waals surface area contributed by atoms with Gasteiger partial charge in [0.25, 0.3) is 0 Å². The van der Waals surface area contributed by atoms with Gasteiger partial charge in [-0.05, 0) is 79.8 Å². The van der Waals surface area contributed by atoms with Crippen LogP contribution in [0.1, 0.15) is 43.4 Å². The van der Waals surface area contributed by atoms with E-state index in [0.717, 1.165) is 34.6 Å². The number of hydrogen-bond donors (Lipinski definition) is 1. The molecule has 1 unspecified atom stereocenters. The third kappa shape index (κ3) is 7.56. The van der Waals surface area contributed by atoms with E-state index in [-0.39, 0.29) is 12.5 Å². The van der Waals surface area contributed by atoms with Gasteiger partial charge in [0.1, 0.15) is 11.5 Å². The van der Waals surface area contributed by atoms with Gasteiger partial charge in [-0.1, -0.05) is 37.3 Å². The van der Waals surface area contributed by atoms with Gasteiger partial charge in [0.2, 0.25) is 0 Å². The zero-order chi connectivity index (χ0) is 23.6. The summed E-state index contributed by atoms with van der Waals surface area (Å²) in [4.78, 5) is 10.9. The molecule has 0 saturated carbocycles. The molecule has 0 saturated heterocycles. The predicted molar refractivity (Wildman–Crippen MR) is 130 cm³/mol. The molecule has 0 spiro atoms. The maximum absolute atomic E-state index is 10.9. The molecule has 33 heavy (non-hydrogen) atoms. The lowest BCUT2D eigenvalue weighted by Gasteiger charge is -2.19. The number of aryl methyl sites for hydroxylation is 3. The van der Waals surface area contributed by atoms with E-state index in [0.29, 0.717) is 30.9 Å². The Morgan fingerprint density at radius 3 is 2.45 bits per heavy atom. The zero-order valence-corrected chi connectivity index (χ0v) is 19.5. The van der Waals surface area contributed by atoms with E-state index in [4.69, 9.17) is 19.3 Å². The van der Waals surface area contributed by atoms with Crippen molar-refractivity contribution < 1.29 is 24.1 Å². The molecule has 1 N–H and O–H groups in total. The fourth-order valence-corrected chi connectivity index (χ4v) is 3.53. The number of para-hydroxylation sites is 1. The highest BCUT2D eigenvalue weighted by Crippen LogP contribution is 2.33. The zero-order valence-electron chi connectivity index (χ0n) is 19.5. The first-order chi connectivity index (χ1) is 15.9. The van der Waals surface area contributed by atoms with Crippen molar-refractivity contribution in [1.29, 1.82) is 0 Å². The fraction of sp³-hybridized carbons (Fsp3) is 0.321. The van der Waals surface area contributed by atoms with E-state index in [1.54, 1.807) is 0 Å². The summed E-state index contributed by atoms with van der Waals surface area (Å²) in [6.07, 6.45) is 2.15. The normalized spacial score (nSPS) is 11.6. The Bertz CT molecular complexity index is 1050. The highest BCUT2D eigenvalue weighted by molar-refractivity contribution is 5.67. The van der Waals surface area contributed by atoms with Crippen molar-refractivity contribution in [3.63, 3.8) is 0 Å². The molecule has 5 heteroatoms. The highest BCUT2D eigenvalue weighted by atomic mass is 16.5. The molecule has 3 rings (SSSR count). The van der Waals surface area contributed by atoms with Crippen molar-refractivity contribution in [2.75, 3.05) is 6.61 Å². The van der Waals surface area contributed by atoms with E-state index in [1.807, 2.05) is 80.6 Å². The molecule has 0 aliphatic carbocycles. The van der Waals surface area contributed by atoms with Crippen LogP contribution in [0.5, 0.6) is 23.0 Å². The maximum Gasteiger partial charge on any atom is 0.303 e. The quantitative estimate of drug-likeness (QED) is 0.338. The van der Waals surface area contributed by atoms with Crippen LogP contribution in [0.15, 0.2) is 66.7 Å². The molecule has 0 radical (unpaired) electrons. The third-order valence-corrected chi connectivity index (χ3v) is 5.36.